The molecule has 1 nitrogen and oxygen atoms in total. The number of hydrogen-bond acceptors (Lipinski definition) is 1. The summed E-state index contributed by atoms with van der Waals surface area (Å²) in [7, 11) is 0. The van der Waals surface area contributed by atoms with Crippen LogP contribution in [-0.4, -0.2) is 5.88 Å². The molecule has 0 radical (unpaired) electrons. The smallest absolute Gasteiger partial charge is 0.0890 e. The summed E-state index contributed by atoms with van der Waals surface area (Å²) < 4.78 is 0. The van der Waals surface area contributed by atoms with Gasteiger partial charge in [0.25, 0.3) is 0 Å². The summed E-state index contributed by atoms with van der Waals surface area (Å²) in [5.74, 6) is 0.755. The first-order valence-electron chi connectivity index (χ1n) is 7.86. The highest BCUT2D eigenvalue weighted by Crippen LogP contribution is 2.44. The molecule has 22 heavy (non-hydrogen) atoms. The molecule has 0 N–H and O–H groups in total. The fourth-order valence-corrected chi connectivity index (χ4v) is 3.49. The maximum atomic E-state index is 10.1. The molecule has 0 saturated heterocycles. The highest BCUT2D eigenvalue weighted by atomic mass is 35.5. The molecule has 0 bridgehead atoms. The highest BCUT2D eigenvalue weighted by Gasteiger charge is 2.40. The standard InChI is InChI=1S/C20H22ClN/c1-2-19(17-10-5-3-6-11-17)20(16-22,14-9-15-21)18-12-7-4-8-13-18/h3-8,10-13,19H,2,9,14-15H2,1H3/t19-,20-/m0/s1. The van der Waals surface area contributed by atoms with Crippen LogP contribution in [0.3, 0.4) is 0 Å². The molecule has 2 aromatic rings. The number of nitriles is 1. The number of hydrogen-bond donors (Lipinski definition) is 0. The molecule has 2 atom stereocenters. The number of nitrogens with zero attached hydrogens (tertiary/aromatic N) is 1. The molecule has 0 aliphatic rings. The third-order valence-corrected chi connectivity index (χ3v) is 4.67. The zero-order chi connectivity index (χ0) is 15.8. The molecule has 2 aromatic carbocycles. The summed E-state index contributed by atoms with van der Waals surface area (Å²) in [5, 5.41) is 10.1. The van der Waals surface area contributed by atoms with Crippen LogP contribution in [0, 0.1) is 11.3 Å². The normalized spacial score (nSPS) is 14.8. The van der Waals surface area contributed by atoms with E-state index in [2.05, 4.69) is 37.3 Å². The summed E-state index contributed by atoms with van der Waals surface area (Å²) in [6, 6.07) is 23.2. The topological polar surface area (TPSA) is 23.8 Å². The van der Waals surface area contributed by atoms with E-state index in [0.29, 0.717) is 5.88 Å². The Hall–Kier alpha value is -1.78. The van der Waals surface area contributed by atoms with Crippen molar-refractivity contribution in [3.8, 4) is 6.07 Å². The molecule has 2 rings (SSSR count). The van der Waals surface area contributed by atoms with Gasteiger partial charge in [-0.1, -0.05) is 67.6 Å². The minimum atomic E-state index is -0.522. The molecule has 114 valence electrons. The molecule has 0 aliphatic carbocycles. The van der Waals surface area contributed by atoms with Gasteiger partial charge in [-0.25, -0.2) is 0 Å². The Morgan fingerprint density at radius 3 is 2.14 bits per heavy atom. The number of benzene rings is 2. The van der Waals surface area contributed by atoms with Crippen molar-refractivity contribution in [1.29, 1.82) is 5.26 Å². The zero-order valence-corrected chi connectivity index (χ0v) is 13.8. The molecule has 0 fully saturated rings. The van der Waals surface area contributed by atoms with E-state index >= 15 is 0 Å². The van der Waals surface area contributed by atoms with Gasteiger partial charge in [-0.2, -0.15) is 5.26 Å². The van der Waals surface area contributed by atoms with Gasteiger partial charge in [0.15, 0.2) is 0 Å². The van der Waals surface area contributed by atoms with Gasteiger partial charge >= 0.3 is 0 Å². The Bertz CT molecular complexity index is 603. The second kappa shape index (κ2) is 8.01. The zero-order valence-electron chi connectivity index (χ0n) is 13.0. The summed E-state index contributed by atoms with van der Waals surface area (Å²) in [6.07, 6.45) is 2.55. The second-order valence-electron chi connectivity index (χ2n) is 5.61. The van der Waals surface area contributed by atoms with Crippen LogP contribution >= 0.6 is 11.6 Å². The van der Waals surface area contributed by atoms with Crippen LogP contribution < -0.4 is 0 Å². The molecular formula is C20H22ClN. The average molecular weight is 312 g/mol. The molecule has 0 amide bonds. The van der Waals surface area contributed by atoms with E-state index < -0.39 is 5.41 Å². The maximum Gasteiger partial charge on any atom is 0.0890 e. The van der Waals surface area contributed by atoms with Gasteiger partial charge < -0.3 is 0 Å². The number of alkyl halides is 1. The van der Waals surface area contributed by atoms with Gasteiger partial charge in [0, 0.05) is 11.8 Å². The minimum Gasteiger partial charge on any atom is -0.197 e. The first-order valence-corrected chi connectivity index (χ1v) is 8.39. The van der Waals surface area contributed by atoms with Gasteiger partial charge in [-0.15, -0.1) is 11.6 Å². The lowest BCUT2D eigenvalue weighted by Crippen LogP contribution is -2.32. The van der Waals surface area contributed by atoms with Crippen LogP contribution in [0.15, 0.2) is 60.7 Å². The highest BCUT2D eigenvalue weighted by molar-refractivity contribution is 6.17. The van der Waals surface area contributed by atoms with Crippen molar-refractivity contribution >= 4 is 11.6 Å². The predicted octanol–water partition coefficient (Wildman–Crippen LogP) is 5.66. The monoisotopic (exact) mass is 311 g/mol. The first-order chi connectivity index (χ1) is 10.8. The van der Waals surface area contributed by atoms with E-state index in [1.807, 2.05) is 36.4 Å². The SMILES string of the molecule is CC[C@@H](c1ccccc1)[C@](C#N)(CCCCl)c1ccccc1. The molecule has 0 heterocycles. The molecule has 0 unspecified atom stereocenters. The summed E-state index contributed by atoms with van der Waals surface area (Å²) in [6.45, 7) is 2.16. The van der Waals surface area contributed by atoms with Crippen molar-refractivity contribution in [2.45, 2.75) is 37.5 Å². The summed E-state index contributed by atoms with van der Waals surface area (Å²) in [5.41, 5.74) is 1.80. The fourth-order valence-electron chi connectivity index (χ4n) is 3.35. The van der Waals surface area contributed by atoms with E-state index in [0.717, 1.165) is 24.8 Å². The van der Waals surface area contributed by atoms with Crippen LogP contribution in [0.1, 0.15) is 43.2 Å². The Labute approximate surface area is 138 Å². The van der Waals surface area contributed by atoms with Gasteiger partial charge in [0.2, 0.25) is 0 Å². The third kappa shape index (κ3) is 3.34. The Morgan fingerprint density at radius 1 is 1.05 bits per heavy atom. The molecule has 2 heteroatoms. The van der Waals surface area contributed by atoms with Gasteiger partial charge in [0.05, 0.1) is 11.5 Å². The van der Waals surface area contributed by atoms with Crippen molar-refractivity contribution in [2.24, 2.45) is 0 Å². The lowest BCUT2D eigenvalue weighted by Gasteiger charge is -2.35. The van der Waals surface area contributed by atoms with Gasteiger partial charge in [-0.3, -0.25) is 0 Å². The van der Waals surface area contributed by atoms with E-state index in [4.69, 9.17) is 11.6 Å². The quantitative estimate of drug-likeness (QED) is 0.605. The van der Waals surface area contributed by atoms with E-state index in [1.54, 1.807) is 0 Å². The molecule has 0 saturated carbocycles. The Morgan fingerprint density at radius 2 is 1.64 bits per heavy atom. The Kier molecular flexibility index (Phi) is 6.04. The van der Waals surface area contributed by atoms with Crippen molar-refractivity contribution in [3.05, 3.63) is 71.8 Å². The van der Waals surface area contributed by atoms with E-state index in [9.17, 15) is 5.26 Å². The van der Waals surface area contributed by atoms with Crippen LogP contribution in [0.25, 0.3) is 0 Å². The van der Waals surface area contributed by atoms with E-state index in [1.165, 1.54) is 5.56 Å². The summed E-state index contributed by atoms with van der Waals surface area (Å²) in [4.78, 5) is 0. The Balaban J connectivity index is 2.53. The van der Waals surface area contributed by atoms with Crippen molar-refractivity contribution in [3.63, 3.8) is 0 Å². The lowest BCUT2D eigenvalue weighted by atomic mass is 9.65. The maximum absolute atomic E-state index is 10.1. The average Bonchev–Trinajstić information content (AvgIpc) is 2.60. The largest absolute Gasteiger partial charge is 0.197 e. The van der Waals surface area contributed by atoms with Gasteiger partial charge in [-0.05, 0) is 30.4 Å². The third-order valence-electron chi connectivity index (χ3n) is 4.40. The lowest BCUT2D eigenvalue weighted by molar-refractivity contribution is 0.392. The minimum absolute atomic E-state index is 0.171. The van der Waals surface area contributed by atoms with Crippen molar-refractivity contribution in [1.82, 2.24) is 0 Å². The summed E-state index contributed by atoms with van der Waals surface area (Å²) >= 11 is 5.94. The number of halogens is 1. The van der Waals surface area contributed by atoms with Gasteiger partial charge in [0.1, 0.15) is 0 Å². The van der Waals surface area contributed by atoms with Crippen molar-refractivity contribution < 1.29 is 0 Å². The first kappa shape index (κ1) is 16.6. The second-order valence-corrected chi connectivity index (χ2v) is 5.99. The van der Waals surface area contributed by atoms with Crippen LogP contribution in [0.5, 0.6) is 0 Å². The van der Waals surface area contributed by atoms with Crippen LogP contribution in [-0.2, 0) is 5.41 Å². The number of rotatable bonds is 7. The molecule has 0 spiro atoms. The van der Waals surface area contributed by atoms with E-state index in [-0.39, 0.29) is 5.92 Å². The molecule has 0 aliphatic heterocycles. The molecule has 0 aromatic heterocycles. The fraction of sp³-hybridized carbons (Fsp3) is 0.350. The predicted molar refractivity (Wildman–Crippen MR) is 93.2 cm³/mol. The molecular weight excluding hydrogens is 290 g/mol. The van der Waals surface area contributed by atoms with Crippen LogP contribution in [0.2, 0.25) is 0 Å². The van der Waals surface area contributed by atoms with Crippen LogP contribution in [0.4, 0.5) is 0 Å². The van der Waals surface area contributed by atoms with Crippen molar-refractivity contribution in [2.75, 3.05) is 5.88 Å².